The monoisotopic (exact) mass is 376 g/mol. The maximum Gasteiger partial charge on any atom is 0.244 e. The van der Waals surface area contributed by atoms with Crippen LogP contribution < -0.4 is 10.0 Å². The van der Waals surface area contributed by atoms with Gasteiger partial charge in [-0.25, -0.2) is 18.1 Å². The average Bonchev–Trinajstić information content (AvgIpc) is 2.82. The number of nitrogens with one attached hydrogen (secondary N) is 2. The van der Waals surface area contributed by atoms with Crippen LogP contribution in [-0.4, -0.2) is 51.0 Å². The lowest BCUT2D eigenvalue weighted by molar-refractivity contribution is 0.407. The topological polar surface area (TPSA) is 74.3 Å². The minimum absolute atomic E-state index is 0.0435. The fourth-order valence-corrected chi connectivity index (χ4v) is 4.22. The van der Waals surface area contributed by atoms with Gasteiger partial charge in [0.05, 0.1) is 0 Å². The third-order valence-corrected chi connectivity index (χ3v) is 5.33. The first-order valence-corrected chi connectivity index (χ1v) is 9.30. The van der Waals surface area contributed by atoms with Gasteiger partial charge >= 0.3 is 0 Å². The number of hydrogen-bond donors (Lipinski definition) is 2. The summed E-state index contributed by atoms with van der Waals surface area (Å²) in [5, 5.41) is 3.07. The van der Waals surface area contributed by atoms with Gasteiger partial charge in [0.1, 0.15) is 10.7 Å². The Kier molecular flexibility index (Phi) is 5.59. The van der Waals surface area contributed by atoms with E-state index in [0.717, 1.165) is 25.9 Å². The van der Waals surface area contributed by atoms with Crippen molar-refractivity contribution in [2.45, 2.75) is 30.7 Å². The van der Waals surface area contributed by atoms with E-state index in [1.54, 1.807) is 12.3 Å². The molecular formula is C13H21BrN4O2S. The summed E-state index contributed by atoms with van der Waals surface area (Å²) in [6.45, 7) is 4.35. The second kappa shape index (κ2) is 7.04. The Hall–Kier alpha value is -0.700. The number of anilines is 1. The lowest BCUT2D eigenvalue weighted by Crippen LogP contribution is -2.36. The largest absolute Gasteiger partial charge is 0.369 e. The highest BCUT2D eigenvalue weighted by Crippen LogP contribution is 2.23. The molecular weight excluding hydrogens is 356 g/mol. The van der Waals surface area contributed by atoms with E-state index in [0.29, 0.717) is 16.8 Å². The van der Waals surface area contributed by atoms with Gasteiger partial charge in [-0.15, -0.1) is 0 Å². The molecule has 0 radical (unpaired) electrons. The van der Waals surface area contributed by atoms with Gasteiger partial charge in [-0.2, -0.15) is 0 Å². The van der Waals surface area contributed by atoms with E-state index in [9.17, 15) is 8.42 Å². The molecule has 0 aliphatic carbocycles. The van der Waals surface area contributed by atoms with E-state index < -0.39 is 10.0 Å². The van der Waals surface area contributed by atoms with Crippen molar-refractivity contribution < 1.29 is 8.42 Å². The van der Waals surface area contributed by atoms with Gasteiger partial charge in [-0.1, -0.05) is 6.92 Å². The summed E-state index contributed by atoms with van der Waals surface area (Å²) in [7, 11) is -1.59. The zero-order valence-electron chi connectivity index (χ0n) is 12.3. The molecule has 6 nitrogen and oxygen atoms in total. The Balaban J connectivity index is 2.23. The van der Waals surface area contributed by atoms with Crippen LogP contribution in [0.4, 0.5) is 5.82 Å². The number of nitrogens with zero attached hydrogens (tertiary/aromatic N) is 2. The molecule has 1 aromatic heterocycles. The third kappa shape index (κ3) is 4.38. The lowest BCUT2D eigenvalue weighted by Gasteiger charge is -2.16. The molecule has 1 saturated heterocycles. The van der Waals surface area contributed by atoms with Gasteiger partial charge in [0, 0.05) is 29.8 Å². The van der Waals surface area contributed by atoms with Crippen molar-refractivity contribution in [3.63, 3.8) is 0 Å². The van der Waals surface area contributed by atoms with Crippen LogP contribution in [0, 0.1) is 0 Å². The van der Waals surface area contributed by atoms with Crippen molar-refractivity contribution in [3.8, 4) is 0 Å². The zero-order chi connectivity index (χ0) is 15.5. The van der Waals surface area contributed by atoms with Crippen LogP contribution in [0.15, 0.2) is 21.6 Å². The van der Waals surface area contributed by atoms with E-state index in [-0.39, 0.29) is 10.9 Å². The fourth-order valence-electron chi connectivity index (χ4n) is 2.32. The number of aromatic nitrogens is 1. The Labute approximate surface area is 134 Å². The van der Waals surface area contributed by atoms with Gasteiger partial charge in [0.15, 0.2) is 0 Å². The van der Waals surface area contributed by atoms with Crippen LogP contribution in [0.1, 0.15) is 19.8 Å². The Morgan fingerprint density at radius 1 is 1.52 bits per heavy atom. The maximum absolute atomic E-state index is 12.6. The summed E-state index contributed by atoms with van der Waals surface area (Å²) in [5.41, 5.74) is 0. The minimum Gasteiger partial charge on any atom is -0.369 e. The molecule has 0 bridgehead atoms. The minimum atomic E-state index is -3.58. The number of hydrogen-bond acceptors (Lipinski definition) is 5. The number of halogens is 1. The number of sulfonamides is 1. The summed E-state index contributed by atoms with van der Waals surface area (Å²) in [5.74, 6) is 0.402. The molecule has 1 atom stereocenters. The van der Waals surface area contributed by atoms with Crippen LogP contribution >= 0.6 is 15.9 Å². The number of likely N-dealkylation sites (tertiary alicyclic amines) is 1. The van der Waals surface area contributed by atoms with Crippen LogP contribution in [0.5, 0.6) is 0 Å². The number of likely N-dealkylation sites (N-methyl/N-ethyl adjacent to an activating group) is 1. The Morgan fingerprint density at radius 2 is 2.29 bits per heavy atom. The molecule has 0 spiro atoms. The number of rotatable bonds is 6. The van der Waals surface area contributed by atoms with Gasteiger partial charge in [0.2, 0.25) is 10.0 Å². The normalized spacial score (nSPS) is 19.9. The van der Waals surface area contributed by atoms with Crippen molar-refractivity contribution >= 4 is 31.8 Å². The summed E-state index contributed by atoms with van der Waals surface area (Å²) < 4.78 is 28.6. The Morgan fingerprint density at radius 3 is 2.90 bits per heavy atom. The standard InChI is InChI=1S/C13H21BrN4O2S/c1-3-5-15-13-12(7-10(14)8-16-13)21(19,20)17-11-4-6-18(2)9-11/h7-8,11,17H,3-6,9H2,1-2H3,(H,15,16). The molecule has 1 aliphatic heterocycles. The van der Waals surface area contributed by atoms with E-state index in [2.05, 4.69) is 35.9 Å². The molecule has 1 fully saturated rings. The van der Waals surface area contributed by atoms with Crippen LogP contribution in [-0.2, 0) is 10.0 Å². The quantitative estimate of drug-likeness (QED) is 0.789. The van der Waals surface area contributed by atoms with Gasteiger partial charge in [-0.05, 0) is 48.4 Å². The van der Waals surface area contributed by atoms with Crippen molar-refractivity contribution in [1.29, 1.82) is 0 Å². The molecule has 1 unspecified atom stereocenters. The first-order chi connectivity index (χ1) is 9.92. The molecule has 0 amide bonds. The van der Waals surface area contributed by atoms with E-state index in [1.165, 1.54) is 0 Å². The van der Waals surface area contributed by atoms with E-state index >= 15 is 0 Å². The molecule has 1 aliphatic rings. The molecule has 0 aromatic carbocycles. The van der Waals surface area contributed by atoms with Crippen LogP contribution in [0.25, 0.3) is 0 Å². The molecule has 8 heteroatoms. The summed E-state index contributed by atoms with van der Waals surface area (Å²) >= 11 is 3.29. The second-order valence-electron chi connectivity index (χ2n) is 5.30. The molecule has 0 saturated carbocycles. The average molecular weight is 377 g/mol. The van der Waals surface area contributed by atoms with E-state index in [1.807, 2.05) is 14.0 Å². The first-order valence-electron chi connectivity index (χ1n) is 7.02. The second-order valence-corrected chi connectivity index (χ2v) is 7.89. The van der Waals surface area contributed by atoms with Gasteiger partial charge in [-0.3, -0.25) is 0 Å². The molecule has 2 N–H and O–H groups in total. The van der Waals surface area contributed by atoms with Gasteiger partial charge < -0.3 is 10.2 Å². The third-order valence-electron chi connectivity index (χ3n) is 3.36. The molecule has 1 aromatic rings. The van der Waals surface area contributed by atoms with Crippen LogP contribution in [0.3, 0.4) is 0 Å². The summed E-state index contributed by atoms with van der Waals surface area (Å²) in [6, 6.07) is 1.55. The van der Waals surface area contributed by atoms with Crippen molar-refractivity contribution in [3.05, 3.63) is 16.7 Å². The number of pyridine rings is 1. The fraction of sp³-hybridized carbons (Fsp3) is 0.615. The SMILES string of the molecule is CCCNc1ncc(Br)cc1S(=O)(=O)NC1CCN(C)C1. The molecule has 118 valence electrons. The molecule has 21 heavy (non-hydrogen) atoms. The van der Waals surface area contributed by atoms with Gasteiger partial charge in [0.25, 0.3) is 0 Å². The highest BCUT2D eigenvalue weighted by molar-refractivity contribution is 9.10. The molecule has 2 rings (SSSR count). The zero-order valence-corrected chi connectivity index (χ0v) is 14.7. The Bertz CT molecular complexity index is 594. The molecule has 2 heterocycles. The van der Waals surface area contributed by atoms with E-state index in [4.69, 9.17) is 0 Å². The predicted molar refractivity (Wildman–Crippen MR) is 86.9 cm³/mol. The van der Waals surface area contributed by atoms with Crippen molar-refractivity contribution in [2.24, 2.45) is 0 Å². The first kappa shape index (κ1) is 16.7. The summed E-state index contributed by atoms with van der Waals surface area (Å²) in [6.07, 6.45) is 3.33. The highest BCUT2D eigenvalue weighted by Gasteiger charge is 2.27. The lowest BCUT2D eigenvalue weighted by atomic mass is 10.3. The van der Waals surface area contributed by atoms with Crippen molar-refractivity contribution in [1.82, 2.24) is 14.6 Å². The smallest absolute Gasteiger partial charge is 0.244 e. The van der Waals surface area contributed by atoms with Crippen molar-refractivity contribution in [2.75, 3.05) is 32.0 Å². The summed E-state index contributed by atoms with van der Waals surface area (Å²) in [4.78, 5) is 6.49. The predicted octanol–water partition coefficient (Wildman–Crippen LogP) is 1.65. The van der Waals surface area contributed by atoms with Crippen LogP contribution in [0.2, 0.25) is 0 Å². The highest BCUT2D eigenvalue weighted by atomic mass is 79.9. The maximum atomic E-state index is 12.6.